The van der Waals surface area contributed by atoms with Crippen molar-refractivity contribution in [2.24, 2.45) is 0 Å². The average Bonchev–Trinajstić information content (AvgIpc) is 3.42. The first-order valence-electron chi connectivity index (χ1n) is 11.7. The Labute approximate surface area is 200 Å². The topological polar surface area (TPSA) is 83.6 Å². The summed E-state index contributed by atoms with van der Waals surface area (Å²) >= 11 is 0. The molecule has 2 heterocycles. The summed E-state index contributed by atoms with van der Waals surface area (Å²) in [6.07, 6.45) is 3.92. The van der Waals surface area contributed by atoms with Gasteiger partial charge in [0.1, 0.15) is 18.5 Å². The lowest BCUT2D eigenvalue weighted by molar-refractivity contribution is -0.123. The van der Waals surface area contributed by atoms with Gasteiger partial charge in [0, 0.05) is 32.3 Å². The molecule has 4 rings (SSSR count). The minimum Gasteiger partial charge on any atom is -0.445 e. The molecule has 1 saturated heterocycles. The summed E-state index contributed by atoms with van der Waals surface area (Å²) < 4.78 is 5.33. The van der Waals surface area contributed by atoms with Gasteiger partial charge in [-0.05, 0) is 35.6 Å². The minimum atomic E-state index is -0.762. The molecule has 7 nitrogen and oxygen atoms in total. The molecule has 2 amide bonds. The number of hydrogen-bond acceptors (Lipinski definition) is 5. The van der Waals surface area contributed by atoms with Crippen LogP contribution in [0.2, 0.25) is 0 Å². The Balaban J connectivity index is 1.34. The summed E-state index contributed by atoms with van der Waals surface area (Å²) in [6.45, 7) is 2.55. The van der Waals surface area contributed by atoms with Crippen molar-refractivity contribution < 1.29 is 14.3 Å². The molecule has 176 valence electrons. The molecule has 0 spiro atoms. The largest absolute Gasteiger partial charge is 0.445 e. The lowest BCUT2D eigenvalue weighted by atomic mass is 10.1. The van der Waals surface area contributed by atoms with Crippen molar-refractivity contribution in [3.8, 4) is 0 Å². The van der Waals surface area contributed by atoms with E-state index in [9.17, 15) is 9.59 Å². The Morgan fingerprint density at radius 1 is 0.882 bits per heavy atom. The Kier molecular flexibility index (Phi) is 8.11. The third-order valence-corrected chi connectivity index (χ3v) is 5.81. The summed E-state index contributed by atoms with van der Waals surface area (Å²) in [5.74, 6) is 0.696. The lowest BCUT2D eigenvalue weighted by Gasteiger charge is -2.19. The van der Waals surface area contributed by atoms with Crippen LogP contribution in [0.15, 0.2) is 79.0 Å². The van der Waals surface area contributed by atoms with Crippen molar-refractivity contribution in [3.63, 3.8) is 0 Å². The third kappa shape index (κ3) is 6.81. The SMILES string of the molecule is O=C(N[C@@H](Cc1ccccc1)C(=O)NCc1ccc(N2CCCC2)nc1)OCc1ccccc1. The van der Waals surface area contributed by atoms with E-state index in [2.05, 4.69) is 20.5 Å². The van der Waals surface area contributed by atoms with Crippen LogP contribution in [-0.4, -0.2) is 36.1 Å². The lowest BCUT2D eigenvalue weighted by Crippen LogP contribution is -2.48. The molecule has 3 aromatic rings. The van der Waals surface area contributed by atoms with Gasteiger partial charge in [-0.15, -0.1) is 0 Å². The van der Waals surface area contributed by atoms with Crippen molar-refractivity contribution in [2.75, 3.05) is 18.0 Å². The van der Waals surface area contributed by atoms with E-state index in [4.69, 9.17) is 4.74 Å². The van der Waals surface area contributed by atoms with Crippen LogP contribution in [0.4, 0.5) is 10.6 Å². The first-order chi connectivity index (χ1) is 16.7. The van der Waals surface area contributed by atoms with Gasteiger partial charge in [-0.1, -0.05) is 66.7 Å². The Bertz CT molecular complexity index is 1050. The molecule has 0 unspecified atom stereocenters. The molecule has 1 aliphatic rings. The van der Waals surface area contributed by atoms with E-state index >= 15 is 0 Å². The maximum atomic E-state index is 13.0. The predicted octanol–water partition coefficient (Wildman–Crippen LogP) is 3.84. The number of pyridine rings is 1. The van der Waals surface area contributed by atoms with E-state index in [1.165, 1.54) is 12.8 Å². The predicted molar refractivity (Wildman–Crippen MR) is 131 cm³/mol. The molecule has 1 aliphatic heterocycles. The van der Waals surface area contributed by atoms with Crippen molar-refractivity contribution in [2.45, 2.75) is 38.5 Å². The average molecular weight is 459 g/mol. The molecular formula is C27H30N4O3. The van der Waals surface area contributed by atoms with E-state index in [1.807, 2.05) is 72.8 Å². The van der Waals surface area contributed by atoms with Gasteiger partial charge < -0.3 is 20.3 Å². The molecule has 0 bridgehead atoms. The molecule has 0 saturated carbocycles. The molecule has 0 radical (unpaired) electrons. The number of alkyl carbamates (subject to hydrolysis) is 1. The number of aromatic nitrogens is 1. The highest BCUT2D eigenvalue weighted by atomic mass is 16.5. The van der Waals surface area contributed by atoms with Crippen LogP contribution in [-0.2, 0) is 29.1 Å². The fourth-order valence-electron chi connectivity index (χ4n) is 3.93. The van der Waals surface area contributed by atoms with Crippen LogP contribution < -0.4 is 15.5 Å². The van der Waals surface area contributed by atoms with Crippen LogP contribution in [0.1, 0.15) is 29.5 Å². The van der Waals surface area contributed by atoms with E-state index in [0.29, 0.717) is 13.0 Å². The Morgan fingerprint density at radius 3 is 2.21 bits per heavy atom. The van der Waals surface area contributed by atoms with E-state index in [-0.39, 0.29) is 12.5 Å². The minimum absolute atomic E-state index is 0.140. The number of benzene rings is 2. The normalized spacial score (nSPS) is 13.8. The second-order valence-corrected chi connectivity index (χ2v) is 8.38. The number of amides is 2. The quantitative estimate of drug-likeness (QED) is 0.509. The van der Waals surface area contributed by atoms with Gasteiger partial charge in [0.05, 0.1) is 0 Å². The molecular weight excluding hydrogens is 428 g/mol. The summed E-state index contributed by atoms with van der Waals surface area (Å²) in [4.78, 5) is 32.2. The molecule has 2 N–H and O–H groups in total. The highest BCUT2D eigenvalue weighted by molar-refractivity contribution is 5.85. The standard InChI is InChI=1S/C27H30N4O3/c32-26(29-19-23-13-14-25(28-18-23)31-15-7-8-16-31)24(17-21-9-3-1-4-10-21)30-27(33)34-20-22-11-5-2-6-12-22/h1-6,9-14,18,24H,7-8,15-17,19-20H2,(H,29,32)(H,30,33)/t24-/m0/s1. The number of anilines is 1. The van der Waals surface area contributed by atoms with Gasteiger partial charge in [0.25, 0.3) is 0 Å². The molecule has 2 aromatic carbocycles. The summed E-state index contributed by atoms with van der Waals surface area (Å²) in [5.41, 5.74) is 2.73. The van der Waals surface area contributed by atoms with Crippen LogP contribution in [0, 0.1) is 0 Å². The third-order valence-electron chi connectivity index (χ3n) is 5.81. The van der Waals surface area contributed by atoms with Gasteiger partial charge in [0.15, 0.2) is 0 Å². The zero-order valence-corrected chi connectivity index (χ0v) is 19.2. The maximum Gasteiger partial charge on any atom is 0.408 e. The monoisotopic (exact) mass is 458 g/mol. The number of carbonyl (C=O) groups is 2. The maximum absolute atomic E-state index is 13.0. The van der Waals surface area contributed by atoms with Crippen molar-refractivity contribution in [1.82, 2.24) is 15.6 Å². The van der Waals surface area contributed by atoms with Crippen molar-refractivity contribution in [3.05, 3.63) is 95.7 Å². The van der Waals surface area contributed by atoms with E-state index < -0.39 is 12.1 Å². The zero-order valence-electron chi connectivity index (χ0n) is 19.2. The fourth-order valence-corrected chi connectivity index (χ4v) is 3.93. The number of rotatable bonds is 9. The second kappa shape index (κ2) is 11.8. The van der Waals surface area contributed by atoms with E-state index in [1.54, 1.807) is 6.20 Å². The number of carbonyl (C=O) groups excluding carboxylic acids is 2. The van der Waals surface area contributed by atoms with Crippen LogP contribution in [0.25, 0.3) is 0 Å². The number of hydrogen-bond donors (Lipinski definition) is 2. The second-order valence-electron chi connectivity index (χ2n) is 8.38. The number of nitrogens with zero attached hydrogens (tertiary/aromatic N) is 2. The highest BCUT2D eigenvalue weighted by Crippen LogP contribution is 2.17. The summed E-state index contributed by atoms with van der Waals surface area (Å²) in [7, 11) is 0. The van der Waals surface area contributed by atoms with Crippen molar-refractivity contribution in [1.29, 1.82) is 0 Å². The zero-order chi connectivity index (χ0) is 23.6. The van der Waals surface area contributed by atoms with E-state index in [0.717, 1.165) is 35.6 Å². The molecule has 1 aromatic heterocycles. The number of ether oxygens (including phenoxy) is 1. The first-order valence-corrected chi connectivity index (χ1v) is 11.7. The molecule has 0 aliphatic carbocycles. The molecule has 34 heavy (non-hydrogen) atoms. The van der Waals surface area contributed by atoms with Gasteiger partial charge in [-0.25, -0.2) is 9.78 Å². The summed E-state index contributed by atoms with van der Waals surface area (Å²) in [6, 6.07) is 22.2. The van der Waals surface area contributed by atoms with Gasteiger partial charge in [-0.3, -0.25) is 4.79 Å². The van der Waals surface area contributed by atoms with Crippen LogP contribution in [0.3, 0.4) is 0 Å². The Morgan fingerprint density at radius 2 is 1.56 bits per heavy atom. The number of nitrogens with one attached hydrogen (secondary N) is 2. The highest BCUT2D eigenvalue weighted by Gasteiger charge is 2.22. The molecule has 1 atom stereocenters. The van der Waals surface area contributed by atoms with Gasteiger partial charge in [0.2, 0.25) is 5.91 Å². The van der Waals surface area contributed by atoms with Crippen molar-refractivity contribution >= 4 is 17.8 Å². The van der Waals surface area contributed by atoms with Crippen LogP contribution in [0.5, 0.6) is 0 Å². The molecule has 7 heteroatoms. The Hall–Kier alpha value is -3.87. The van der Waals surface area contributed by atoms with Gasteiger partial charge in [-0.2, -0.15) is 0 Å². The molecule has 1 fully saturated rings. The first kappa shape index (κ1) is 23.3. The van der Waals surface area contributed by atoms with Gasteiger partial charge >= 0.3 is 6.09 Å². The summed E-state index contributed by atoms with van der Waals surface area (Å²) in [5, 5.41) is 5.65. The smallest absolute Gasteiger partial charge is 0.408 e. The fraction of sp³-hybridized carbons (Fsp3) is 0.296. The van der Waals surface area contributed by atoms with Crippen LogP contribution >= 0.6 is 0 Å².